The lowest BCUT2D eigenvalue weighted by Crippen LogP contribution is -2.34. The van der Waals surface area contributed by atoms with Gasteiger partial charge in [0.25, 0.3) is 0 Å². The summed E-state index contributed by atoms with van der Waals surface area (Å²) in [4.78, 5) is 20.7. The van der Waals surface area contributed by atoms with Gasteiger partial charge in [0.1, 0.15) is 0 Å². The van der Waals surface area contributed by atoms with Crippen molar-refractivity contribution in [2.75, 3.05) is 13.7 Å². The number of aliphatic imine (C=N–C) groups is 1. The van der Waals surface area contributed by atoms with Gasteiger partial charge in [0.2, 0.25) is 0 Å². The fourth-order valence-electron chi connectivity index (χ4n) is 4.24. The van der Waals surface area contributed by atoms with E-state index in [1.807, 2.05) is 19.1 Å². The molecule has 1 aliphatic heterocycles. The molecule has 0 bridgehead atoms. The summed E-state index contributed by atoms with van der Waals surface area (Å²) in [5, 5.41) is 10.2. The van der Waals surface area contributed by atoms with Crippen LogP contribution in [0.15, 0.2) is 34.3 Å². The fourth-order valence-corrected chi connectivity index (χ4v) is 4.24. The summed E-state index contributed by atoms with van der Waals surface area (Å²) in [6.07, 6.45) is 5.27. The Bertz CT molecular complexity index is 988. The van der Waals surface area contributed by atoms with Crippen molar-refractivity contribution in [3.63, 3.8) is 0 Å². The molecule has 1 aliphatic carbocycles. The monoisotopic (exact) mass is 419 g/mol. The molecule has 29 heavy (non-hydrogen) atoms. The minimum absolute atomic E-state index is 0. The van der Waals surface area contributed by atoms with Crippen LogP contribution in [0.1, 0.15) is 48.8 Å². The standard InChI is InChI=1S/C21H25N3O4.ClH/c1-4-28-19-8-14-15-7-13(25)5-6-17(15)23-20(16(14)9-18(19)27-3)12-10-22-21(26)24(2)11-12;/h8-11,13,15,17,25H,4-7H2,1-3H3;1H. The predicted octanol–water partition coefficient (Wildman–Crippen LogP) is 2.46. The molecular formula is C21H26ClN3O4. The number of fused-ring (bicyclic) bond motifs is 3. The number of benzene rings is 1. The number of hydrogen-bond donors (Lipinski definition) is 1. The number of nitrogens with zero attached hydrogens (tertiary/aromatic N) is 3. The molecule has 1 aromatic heterocycles. The largest absolute Gasteiger partial charge is 0.493 e. The lowest BCUT2D eigenvalue weighted by molar-refractivity contribution is 0.111. The van der Waals surface area contributed by atoms with E-state index in [-0.39, 0.29) is 36.2 Å². The first kappa shape index (κ1) is 21.3. The Morgan fingerprint density at radius 3 is 2.76 bits per heavy atom. The Labute approximate surface area is 175 Å². The number of aliphatic hydroxyl groups is 1. The van der Waals surface area contributed by atoms with E-state index in [9.17, 15) is 9.90 Å². The van der Waals surface area contributed by atoms with Crippen LogP contribution < -0.4 is 15.2 Å². The quantitative estimate of drug-likeness (QED) is 0.822. The van der Waals surface area contributed by atoms with E-state index in [0.29, 0.717) is 24.5 Å². The number of ether oxygens (including phenoxy) is 2. The zero-order valence-electron chi connectivity index (χ0n) is 16.8. The van der Waals surface area contributed by atoms with Gasteiger partial charge in [0, 0.05) is 36.5 Å². The Morgan fingerprint density at radius 2 is 2.07 bits per heavy atom. The molecule has 1 N–H and O–H groups in total. The van der Waals surface area contributed by atoms with Crippen molar-refractivity contribution < 1.29 is 14.6 Å². The molecule has 3 unspecified atom stereocenters. The normalized spacial score (nSPS) is 22.6. The predicted molar refractivity (Wildman–Crippen MR) is 113 cm³/mol. The molecule has 0 spiro atoms. The van der Waals surface area contributed by atoms with E-state index in [4.69, 9.17) is 14.5 Å². The molecule has 2 aromatic rings. The van der Waals surface area contributed by atoms with Crippen molar-refractivity contribution in [1.82, 2.24) is 9.55 Å². The first-order valence-corrected chi connectivity index (χ1v) is 9.65. The summed E-state index contributed by atoms with van der Waals surface area (Å²) in [6.45, 7) is 2.48. The fraction of sp³-hybridized carbons (Fsp3) is 0.476. The molecule has 1 aromatic carbocycles. The van der Waals surface area contributed by atoms with Crippen molar-refractivity contribution in [1.29, 1.82) is 0 Å². The van der Waals surface area contributed by atoms with Crippen LogP contribution in [0, 0.1) is 0 Å². The smallest absolute Gasteiger partial charge is 0.347 e. The number of rotatable bonds is 4. The van der Waals surface area contributed by atoms with E-state index in [0.717, 1.165) is 35.2 Å². The Hall–Kier alpha value is -2.38. The number of halogens is 1. The molecule has 3 atom stereocenters. The number of methoxy groups -OCH3 is 1. The molecular weight excluding hydrogens is 394 g/mol. The molecule has 0 saturated heterocycles. The number of hydrogen-bond acceptors (Lipinski definition) is 6. The average molecular weight is 420 g/mol. The molecule has 1 saturated carbocycles. The van der Waals surface area contributed by atoms with E-state index in [1.165, 1.54) is 4.57 Å². The summed E-state index contributed by atoms with van der Waals surface area (Å²) in [7, 11) is 3.30. The van der Waals surface area contributed by atoms with Crippen LogP contribution in [0.4, 0.5) is 0 Å². The van der Waals surface area contributed by atoms with Gasteiger partial charge in [-0.05, 0) is 43.9 Å². The molecule has 7 nitrogen and oxygen atoms in total. The highest BCUT2D eigenvalue weighted by molar-refractivity contribution is 6.14. The Kier molecular flexibility index (Phi) is 6.29. The van der Waals surface area contributed by atoms with Crippen LogP contribution in [-0.4, -0.2) is 46.2 Å². The van der Waals surface area contributed by atoms with Gasteiger partial charge < -0.3 is 19.1 Å². The second kappa shape index (κ2) is 8.55. The number of aliphatic hydroxyl groups excluding tert-OH is 1. The third kappa shape index (κ3) is 3.89. The van der Waals surface area contributed by atoms with Gasteiger partial charge in [-0.15, -0.1) is 12.4 Å². The second-order valence-corrected chi connectivity index (χ2v) is 7.38. The highest BCUT2D eigenvalue weighted by atomic mass is 35.5. The van der Waals surface area contributed by atoms with Gasteiger partial charge in [0.05, 0.1) is 31.6 Å². The van der Waals surface area contributed by atoms with Crippen LogP contribution in [0.2, 0.25) is 0 Å². The number of aromatic nitrogens is 2. The van der Waals surface area contributed by atoms with Crippen LogP contribution in [0.25, 0.3) is 0 Å². The topological polar surface area (TPSA) is 85.9 Å². The van der Waals surface area contributed by atoms with Gasteiger partial charge in [-0.3, -0.25) is 4.99 Å². The SMILES string of the molecule is CCOc1cc2c(cc1OC)C(c1cnc(=O)n(C)c1)=NC1CCC(O)CC21.Cl. The zero-order valence-corrected chi connectivity index (χ0v) is 17.6. The maximum atomic E-state index is 11.7. The van der Waals surface area contributed by atoms with Gasteiger partial charge >= 0.3 is 5.69 Å². The first-order chi connectivity index (χ1) is 13.5. The molecule has 8 heteroatoms. The molecule has 2 heterocycles. The first-order valence-electron chi connectivity index (χ1n) is 9.65. The van der Waals surface area contributed by atoms with Gasteiger partial charge in [0.15, 0.2) is 11.5 Å². The molecule has 0 amide bonds. The third-order valence-corrected chi connectivity index (χ3v) is 5.59. The maximum Gasteiger partial charge on any atom is 0.347 e. The van der Waals surface area contributed by atoms with Gasteiger partial charge in [-0.25, -0.2) is 9.78 Å². The molecule has 4 rings (SSSR count). The van der Waals surface area contributed by atoms with E-state index in [2.05, 4.69) is 4.98 Å². The third-order valence-electron chi connectivity index (χ3n) is 5.59. The highest BCUT2D eigenvalue weighted by Crippen LogP contribution is 2.44. The highest BCUT2D eigenvalue weighted by Gasteiger charge is 2.37. The summed E-state index contributed by atoms with van der Waals surface area (Å²) < 4.78 is 12.8. The number of aryl methyl sites for hydroxylation is 1. The average Bonchev–Trinajstić information content (AvgIpc) is 2.69. The maximum absolute atomic E-state index is 11.7. The minimum atomic E-state index is -0.317. The van der Waals surface area contributed by atoms with Crippen molar-refractivity contribution in [2.24, 2.45) is 12.0 Å². The van der Waals surface area contributed by atoms with Crippen LogP contribution >= 0.6 is 12.4 Å². The second-order valence-electron chi connectivity index (χ2n) is 7.38. The molecule has 0 radical (unpaired) electrons. The van der Waals surface area contributed by atoms with Crippen LogP contribution in [-0.2, 0) is 7.05 Å². The summed E-state index contributed by atoms with van der Waals surface area (Å²) in [5.41, 5.74) is 3.34. The van der Waals surface area contributed by atoms with Gasteiger partial charge in [-0.2, -0.15) is 0 Å². The van der Waals surface area contributed by atoms with Crippen molar-refractivity contribution in [3.8, 4) is 11.5 Å². The summed E-state index contributed by atoms with van der Waals surface area (Å²) in [6, 6.07) is 4.06. The lowest BCUT2D eigenvalue weighted by Gasteiger charge is -2.37. The summed E-state index contributed by atoms with van der Waals surface area (Å²) in [5.74, 6) is 1.47. The van der Waals surface area contributed by atoms with E-state index >= 15 is 0 Å². The van der Waals surface area contributed by atoms with Crippen molar-refractivity contribution in [3.05, 3.63) is 51.7 Å². The van der Waals surface area contributed by atoms with Crippen LogP contribution in [0.5, 0.6) is 11.5 Å². The summed E-state index contributed by atoms with van der Waals surface area (Å²) >= 11 is 0. The Morgan fingerprint density at radius 1 is 1.28 bits per heavy atom. The molecule has 1 fully saturated rings. The van der Waals surface area contributed by atoms with Crippen molar-refractivity contribution in [2.45, 2.75) is 44.2 Å². The molecule has 156 valence electrons. The van der Waals surface area contributed by atoms with Gasteiger partial charge in [-0.1, -0.05) is 0 Å². The van der Waals surface area contributed by atoms with E-state index < -0.39 is 0 Å². The Balaban J connectivity index is 0.00000240. The van der Waals surface area contributed by atoms with Crippen molar-refractivity contribution >= 4 is 18.1 Å². The van der Waals surface area contributed by atoms with Crippen LogP contribution in [0.3, 0.4) is 0 Å². The minimum Gasteiger partial charge on any atom is -0.493 e. The van der Waals surface area contributed by atoms with E-state index in [1.54, 1.807) is 26.6 Å². The lowest BCUT2D eigenvalue weighted by atomic mass is 9.74. The zero-order chi connectivity index (χ0) is 19.8. The molecule has 2 aliphatic rings.